The highest BCUT2D eigenvalue weighted by molar-refractivity contribution is 7.18. The van der Waals surface area contributed by atoms with Crippen LogP contribution in [0.1, 0.15) is 41.9 Å². The molecule has 1 N–H and O–H groups in total. The Balaban J connectivity index is 1.44. The minimum atomic E-state index is -4.47. The first-order valence-corrected chi connectivity index (χ1v) is 11.0. The predicted octanol–water partition coefficient (Wildman–Crippen LogP) is 5.13. The number of hydrogen-bond donors (Lipinski definition) is 1. The molecule has 0 radical (unpaired) electrons. The topological polar surface area (TPSA) is 69.2 Å². The van der Waals surface area contributed by atoms with Gasteiger partial charge in [0.2, 0.25) is 5.13 Å². The first-order valence-electron chi connectivity index (χ1n) is 10.2. The van der Waals surface area contributed by atoms with Crippen LogP contribution in [0.25, 0.3) is 21.6 Å². The molecule has 0 atom stereocenters. The van der Waals surface area contributed by atoms with Crippen LogP contribution >= 0.6 is 11.3 Å². The molecule has 0 amide bonds. The Labute approximate surface area is 180 Å². The van der Waals surface area contributed by atoms with E-state index >= 15 is 0 Å². The van der Waals surface area contributed by atoms with Crippen molar-refractivity contribution in [2.24, 2.45) is 0 Å². The third kappa shape index (κ3) is 4.37. The lowest BCUT2D eigenvalue weighted by molar-refractivity contribution is -0.136. The quantitative estimate of drug-likeness (QED) is 0.561. The van der Waals surface area contributed by atoms with Crippen LogP contribution in [0, 0.1) is 6.92 Å². The van der Waals surface area contributed by atoms with Crippen LogP contribution in [0.5, 0.6) is 0 Å². The number of alkyl halides is 3. The summed E-state index contributed by atoms with van der Waals surface area (Å²) >= 11 is 1.26. The number of benzene rings is 1. The van der Waals surface area contributed by atoms with Crippen molar-refractivity contribution in [3.63, 3.8) is 0 Å². The van der Waals surface area contributed by atoms with Crippen molar-refractivity contribution in [3.8, 4) is 10.7 Å². The fourth-order valence-electron chi connectivity index (χ4n) is 3.76. The van der Waals surface area contributed by atoms with Crippen LogP contribution in [0.15, 0.2) is 18.2 Å². The number of halogens is 3. The fourth-order valence-corrected chi connectivity index (χ4v) is 4.49. The zero-order valence-electron chi connectivity index (χ0n) is 16.8. The van der Waals surface area contributed by atoms with Gasteiger partial charge in [-0.25, -0.2) is 4.98 Å². The van der Waals surface area contributed by atoms with Crippen LogP contribution in [0.4, 0.5) is 18.3 Å². The number of rotatable bonds is 6. The zero-order valence-corrected chi connectivity index (χ0v) is 17.6. The van der Waals surface area contributed by atoms with Crippen molar-refractivity contribution in [1.29, 1.82) is 0 Å². The Morgan fingerprint density at radius 2 is 1.90 bits per heavy atom. The maximum atomic E-state index is 13.8. The first-order chi connectivity index (χ1) is 14.9. The number of aromatic nitrogens is 3. The van der Waals surface area contributed by atoms with Crippen LogP contribution in [0.2, 0.25) is 0 Å². The molecule has 2 aromatic heterocycles. The molecule has 0 unspecified atom stereocenters. The highest BCUT2D eigenvalue weighted by atomic mass is 32.1. The largest absolute Gasteiger partial charge is 0.418 e. The SMILES string of the molecule is Cc1cc(-c2nnc(NCCC3OCCO3)s2)nc2c(C(F)(F)F)cc(C3CC3)cc12. The van der Waals surface area contributed by atoms with Crippen molar-refractivity contribution in [3.05, 3.63) is 34.9 Å². The molecular formula is C21H21F3N4O2S. The molecule has 3 heterocycles. The zero-order chi connectivity index (χ0) is 21.6. The van der Waals surface area contributed by atoms with E-state index in [9.17, 15) is 13.2 Å². The molecule has 1 aliphatic heterocycles. The van der Waals surface area contributed by atoms with Gasteiger partial charge in [-0.3, -0.25) is 0 Å². The highest BCUT2D eigenvalue weighted by Crippen LogP contribution is 2.45. The van der Waals surface area contributed by atoms with Gasteiger partial charge in [-0.05, 0) is 55.0 Å². The predicted molar refractivity (Wildman–Crippen MR) is 111 cm³/mol. The van der Waals surface area contributed by atoms with E-state index in [2.05, 4.69) is 20.5 Å². The monoisotopic (exact) mass is 450 g/mol. The second kappa shape index (κ2) is 7.99. The Morgan fingerprint density at radius 3 is 2.61 bits per heavy atom. The summed E-state index contributed by atoms with van der Waals surface area (Å²) in [6.45, 7) is 3.60. The maximum absolute atomic E-state index is 13.8. The molecular weight excluding hydrogens is 429 g/mol. The number of anilines is 1. The van der Waals surface area contributed by atoms with Gasteiger partial charge in [0, 0.05) is 18.4 Å². The first kappa shape index (κ1) is 20.6. The minimum absolute atomic E-state index is 0.0351. The van der Waals surface area contributed by atoms with Crippen molar-refractivity contribution in [2.75, 3.05) is 25.1 Å². The summed E-state index contributed by atoms with van der Waals surface area (Å²) in [5.41, 5.74) is 1.16. The summed E-state index contributed by atoms with van der Waals surface area (Å²) in [6, 6.07) is 4.90. The minimum Gasteiger partial charge on any atom is -0.360 e. The van der Waals surface area contributed by atoms with E-state index in [0.717, 1.165) is 24.0 Å². The van der Waals surface area contributed by atoms with E-state index < -0.39 is 11.7 Å². The van der Waals surface area contributed by atoms with Crippen LogP contribution in [-0.4, -0.2) is 41.2 Å². The Morgan fingerprint density at radius 1 is 1.13 bits per heavy atom. The van der Waals surface area contributed by atoms with E-state index in [1.54, 1.807) is 6.07 Å². The Kier molecular flexibility index (Phi) is 5.31. The molecule has 2 aliphatic rings. The normalized spacial score (nSPS) is 17.5. The highest BCUT2D eigenvalue weighted by Gasteiger charge is 2.36. The lowest BCUT2D eigenvalue weighted by Crippen LogP contribution is -2.13. The van der Waals surface area contributed by atoms with Crippen molar-refractivity contribution < 1.29 is 22.6 Å². The van der Waals surface area contributed by atoms with Gasteiger partial charge >= 0.3 is 6.18 Å². The summed E-state index contributed by atoms with van der Waals surface area (Å²) in [5.74, 6) is 0.224. The number of fused-ring (bicyclic) bond motifs is 1. The molecule has 10 heteroatoms. The molecule has 2 fully saturated rings. The molecule has 0 bridgehead atoms. The van der Waals surface area contributed by atoms with Crippen LogP contribution in [0.3, 0.4) is 0 Å². The molecule has 5 rings (SSSR count). The molecule has 1 saturated heterocycles. The van der Waals surface area contributed by atoms with E-state index in [-0.39, 0.29) is 17.7 Å². The summed E-state index contributed by atoms with van der Waals surface area (Å²) in [4.78, 5) is 4.37. The summed E-state index contributed by atoms with van der Waals surface area (Å²) < 4.78 is 52.2. The van der Waals surface area contributed by atoms with Crippen molar-refractivity contribution >= 4 is 27.4 Å². The van der Waals surface area contributed by atoms with Gasteiger partial charge < -0.3 is 14.8 Å². The molecule has 1 aliphatic carbocycles. The average molecular weight is 450 g/mol. The number of nitrogens with zero attached hydrogens (tertiary/aromatic N) is 3. The van der Waals surface area contributed by atoms with E-state index in [0.29, 0.717) is 47.4 Å². The van der Waals surface area contributed by atoms with E-state index in [1.807, 2.05) is 13.0 Å². The summed E-state index contributed by atoms with van der Waals surface area (Å²) in [5, 5.41) is 13.0. The third-order valence-electron chi connectivity index (χ3n) is 5.49. The standard InChI is InChI=1S/C21H21F3N4O2S/c1-11-8-16(19-27-28-20(31-19)25-5-4-17-29-6-7-30-17)26-18-14(11)9-13(12-2-3-12)10-15(18)21(22,23)24/h8-10,12,17H,2-7H2,1H3,(H,25,28). The molecule has 164 valence electrons. The second-order valence-corrected chi connectivity index (χ2v) is 8.84. The molecule has 6 nitrogen and oxygen atoms in total. The Hall–Kier alpha value is -2.30. The molecule has 3 aromatic rings. The van der Waals surface area contributed by atoms with Crippen molar-refractivity contribution in [1.82, 2.24) is 15.2 Å². The second-order valence-electron chi connectivity index (χ2n) is 7.86. The van der Waals surface area contributed by atoms with Gasteiger partial charge in [-0.2, -0.15) is 13.2 Å². The number of hydrogen-bond acceptors (Lipinski definition) is 7. The Bertz CT molecular complexity index is 1110. The van der Waals surface area contributed by atoms with Gasteiger partial charge in [-0.1, -0.05) is 11.3 Å². The maximum Gasteiger partial charge on any atom is 0.418 e. The van der Waals surface area contributed by atoms with E-state index in [1.165, 1.54) is 17.4 Å². The van der Waals surface area contributed by atoms with Crippen LogP contribution in [-0.2, 0) is 15.7 Å². The van der Waals surface area contributed by atoms with Gasteiger partial charge in [-0.15, -0.1) is 10.2 Å². The van der Waals surface area contributed by atoms with Crippen LogP contribution < -0.4 is 5.32 Å². The smallest absolute Gasteiger partial charge is 0.360 e. The third-order valence-corrected chi connectivity index (χ3v) is 6.39. The molecule has 0 spiro atoms. The molecule has 1 saturated carbocycles. The van der Waals surface area contributed by atoms with Gasteiger partial charge in [0.25, 0.3) is 0 Å². The number of ether oxygens (including phenoxy) is 2. The lowest BCUT2D eigenvalue weighted by Gasteiger charge is -2.14. The van der Waals surface area contributed by atoms with Gasteiger partial charge in [0.1, 0.15) is 5.69 Å². The summed E-state index contributed by atoms with van der Waals surface area (Å²) in [6.07, 6.45) is -2.15. The number of nitrogens with one attached hydrogen (secondary N) is 1. The summed E-state index contributed by atoms with van der Waals surface area (Å²) in [7, 11) is 0. The average Bonchev–Trinajstić information content (AvgIpc) is 3.24. The fraction of sp³-hybridized carbons (Fsp3) is 0.476. The lowest BCUT2D eigenvalue weighted by atomic mass is 9.98. The number of aryl methyl sites for hydroxylation is 1. The van der Waals surface area contributed by atoms with Gasteiger partial charge in [0.05, 0.1) is 24.3 Å². The molecule has 1 aromatic carbocycles. The van der Waals surface area contributed by atoms with Gasteiger partial charge in [0.15, 0.2) is 11.3 Å². The molecule has 31 heavy (non-hydrogen) atoms. The van der Waals surface area contributed by atoms with Crippen molar-refractivity contribution in [2.45, 2.75) is 44.6 Å². The van der Waals surface area contributed by atoms with E-state index in [4.69, 9.17) is 9.47 Å². The number of pyridine rings is 1.